The number of hydrogen-bond acceptors (Lipinski definition) is 2. The molecule has 106 valence electrons. The van der Waals surface area contributed by atoms with E-state index in [-0.39, 0.29) is 5.54 Å². The van der Waals surface area contributed by atoms with Crippen LogP contribution in [-0.4, -0.2) is 36.1 Å². The molecule has 0 aromatic carbocycles. The zero-order valence-electron chi connectivity index (χ0n) is 12.8. The summed E-state index contributed by atoms with van der Waals surface area (Å²) in [5.41, 5.74) is 0.287. The Balaban J connectivity index is 2.07. The molecule has 1 aliphatic heterocycles. The third-order valence-corrected chi connectivity index (χ3v) is 4.93. The van der Waals surface area contributed by atoms with E-state index >= 15 is 0 Å². The fourth-order valence-electron chi connectivity index (χ4n) is 4.01. The van der Waals surface area contributed by atoms with Crippen molar-refractivity contribution < 1.29 is 0 Å². The van der Waals surface area contributed by atoms with Gasteiger partial charge in [-0.15, -0.1) is 0 Å². The van der Waals surface area contributed by atoms with Gasteiger partial charge in [0.25, 0.3) is 0 Å². The molecule has 0 bridgehead atoms. The summed E-state index contributed by atoms with van der Waals surface area (Å²) in [6.45, 7) is 13.3. The van der Waals surface area contributed by atoms with Crippen molar-refractivity contribution in [3.05, 3.63) is 0 Å². The van der Waals surface area contributed by atoms with Gasteiger partial charge in [-0.25, -0.2) is 0 Å². The molecule has 1 saturated heterocycles. The molecule has 0 aromatic rings. The molecule has 1 aliphatic carbocycles. The minimum absolute atomic E-state index is 0.287. The van der Waals surface area contributed by atoms with Crippen LogP contribution in [0.15, 0.2) is 0 Å². The van der Waals surface area contributed by atoms with E-state index < -0.39 is 0 Å². The molecule has 18 heavy (non-hydrogen) atoms. The van der Waals surface area contributed by atoms with Gasteiger partial charge in [0.05, 0.1) is 0 Å². The van der Waals surface area contributed by atoms with E-state index in [2.05, 4.69) is 37.9 Å². The highest BCUT2D eigenvalue weighted by atomic mass is 15.2. The monoisotopic (exact) mass is 252 g/mol. The van der Waals surface area contributed by atoms with Crippen LogP contribution in [0.4, 0.5) is 0 Å². The quantitative estimate of drug-likeness (QED) is 0.811. The first-order valence-electron chi connectivity index (χ1n) is 7.99. The van der Waals surface area contributed by atoms with E-state index in [1.54, 1.807) is 0 Å². The van der Waals surface area contributed by atoms with Gasteiger partial charge in [-0.1, -0.05) is 26.7 Å². The van der Waals surface area contributed by atoms with Crippen LogP contribution in [0.25, 0.3) is 0 Å². The molecule has 2 atom stereocenters. The zero-order chi connectivity index (χ0) is 13.2. The van der Waals surface area contributed by atoms with Gasteiger partial charge < -0.3 is 5.32 Å². The predicted molar refractivity (Wildman–Crippen MR) is 78.9 cm³/mol. The molecule has 1 N–H and O–H groups in total. The van der Waals surface area contributed by atoms with Crippen molar-refractivity contribution in [2.24, 2.45) is 11.8 Å². The standard InChI is InChI=1S/C16H32N2/c1-13(2)14-8-5-6-9-15(14)18-11-7-10-17-16(3,4)12-18/h13-15,17H,5-12H2,1-4H3. The smallest absolute Gasteiger partial charge is 0.0252 e. The maximum Gasteiger partial charge on any atom is 0.0252 e. The molecule has 2 heteroatoms. The molecule has 0 aromatic heterocycles. The van der Waals surface area contributed by atoms with Crippen LogP contribution in [0.5, 0.6) is 0 Å². The van der Waals surface area contributed by atoms with Crippen LogP contribution in [-0.2, 0) is 0 Å². The molecule has 2 nitrogen and oxygen atoms in total. The van der Waals surface area contributed by atoms with Crippen molar-refractivity contribution in [1.29, 1.82) is 0 Å². The second-order valence-electron chi connectivity index (χ2n) is 7.39. The maximum atomic E-state index is 3.69. The van der Waals surface area contributed by atoms with Gasteiger partial charge in [0.2, 0.25) is 0 Å². The first-order valence-corrected chi connectivity index (χ1v) is 7.99. The van der Waals surface area contributed by atoms with Crippen molar-refractivity contribution in [2.75, 3.05) is 19.6 Å². The van der Waals surface area contributed by atoms with Crippen molar-refractivity contribution in [3.63, 3.8) is 0 Å². The average molecular weight is 252 g/mol. The second kappa shape index (κ2) is 5.92. The van der Waals surface area contributed by atoms with E-state index in [1.807, 2.05) is 0 Å². The van der Waals surface area contributed by atoms with Crippen LogP contribution in [0.1, 0.15) is 59.8 Å². The first-order chi connectivity index (χ1) is 8.49. The molecule has 2 fully saturated rings. The van der Waals surface area contributed by atoms with E-state index in [4.69, 9.17) is 0 Å². The number of hydrogen-bond donors (Lipinski definition) is 1. The van der Waals surface area contributed by atoms with Gasteiger partial charge in [-0.05, 0) is 58.0 Å². The van der Waals surface area contributed by atoms with E-state index in [0.29, 0.717) is 0 Å². The summed E-state index contributed by atoms with van der Waals surface area (Å²) in [7, 11) is 0. The summed E-state index contributed by atoms with van der Waals surface area (Å²) < 4.78 is 0. The highest BCUT2D eigenvalue weighted by Crippen LogP contribution is 2.34. The minimum Gasteiger partial charge on any atom is -0.310 e. The van der Waals surface area contributed by atoms with Crippen molar-refractivity contribution >= 4 is 0 Å². The molecular formula is C16H32N2. The Morgan fingerprint density at radius 1 is 1.11 bits per heavy atom. The number of nitrogens with zero attached hydrogens (tertiary/aromatic N) is 1. The molecule has 2 unspecified atom stereocenters. The molecule has 0 amide bonds. The normalized spacial score (nSPS) is 34.5. The molecule has 2 aliphatic rings. The van der Waals surface area contributed by atoms with E-state index in [0.717, 1.165) is 17.9 Å². The molecule has 1 heterocycles. The van der Waals surface area contributed by atoms with Crippen LogP contribution in [0.3, 0.4) is 0 Å². The topological polar surface area (TPSA) is 15.3 Å². The highest BCUT2D eigenvalue weighted by Gasteiger charge is 2.35. The van der Waals surface area contributed by atoms with Crippen LogP contribution >= 0.6 is 0 Å². The van der Waals surface area contributed by atoms with Gasteiger partial charge in [0, 0.05) is 18.1 Å². The number of rotatable bonds is 2. The van der Waals surface area contributed by atoms with Crippen LogP contribution in [0.2, 0.25) is 0 Å². The van der Waals surface area contributed by atoms with Gasteiger partial charge in [-0.3, -0.25) is 4.90 Å². The first kappa shape index (κ1) is 14.3. The lowest BCUT2D eigenvalue weighted by Gasteiger charge is -2.43. The van der Waals surface area contributed by atoms with Gasteiger partial charge in [-0.2, -0.15) is 0 Å². The number of nitrogens with one attached hydrogen (secondary N) is 1. The Labute approximate surface area is 114 Å². The fourth-order valence-corrected chi connectivity index (χ4v) is 4.01. The third-order valence-electron chi connectivity index (χ3n) is 4.93. The van der Waals surface area contributed by atoms with Crippen LogP contribution < -0.4 is 5.32 Å². The lowest BCUT2D eigenvalue weighted by atomic mass is 9.76. The Kier molecular flexibility index (Phi) is 4.71. The van der Waals surface area contributed by atoms with Crippen LogP contribution in [0, 0.1) is 11.8 Å². The Morgan fingerprint density at radius 3 is 2.56 bits per heavy atom. The molecule has 0 spiro atoms. The van der Waals surface area contributed by atoms with Crippen molar-refractivity contribution in [2.45, 2.75) is 71.4 Å². The third kappa shape index (κ3) is 3.48. The summed E-state index contributed by atoms with van der Waals surface area (Å²) in [4.78, 5) is 2.81. The summed E-state index contributed by atoms with van der Waals surface area (Å²) in [5.74, 6) is 1.77. The Morgan fingerprint density at radius 2 is 1.83 bits per heavy atom. The molecule has 1 saturated carbocycles. The second-order valence-corrected chi connectivity index (χ2v) is 7.39. The summed E-state index contributed by atoms with van der Waals surface area (Å²) >= 11 is 0. The van der Waals surface area contributed by atoms with Crippen molar-refractivity contribution in [1.82, 2.24) is 10.2 Å². The SMILES string of the molecule is CC(C)C1CCCCC1N1CCCNC(C)(C)C1. The highest BCUT2D eigenvalue weighted by molar-refractivity contribution is 4.91. The minimum atomic E-state index is 0.287. The molecule has 0 radical (unpaired) electrons. The summed E-state index contributed by atoms with van der Waals surface area (Å²) in [6.07, 6.45) is 7.09. The van der Waals surface area contributed by atoms with Gasteiger partial charge in [0.1, 0.15) is 0 Å². The largest absolute Gasteiger partial charge is 0.310 e. The molecule has 2 rings (SSSR count). The zero-order valence-corrected chi connectivity index (χ0v) is 12.8. The van der Waals surface area contributed by atoms with Gasteiger partial charge >= 0.3 is 0 Å². The summed E-state index contributed by atoms with van der Waals surface area (Å²) in [5, 5.41) is 3.69. The van der Waals surface area contributed by atoms with E-state index in [1.165, 1.54) is 51.7 Å². The average Bonchev–Trinajstić information content (AvgIpc) is 2.50. The lowest BCUT2D eigenvalue weighted by Crippen LogP contribution is -2.52. The van der Waals surface area contributed by atoms with Crippen molar-refractivity contribution in [3.8, 4) is 0 Å². The summed E-state index contributed by atoms with van der Waals surface area (Å²) in [6, 6.07) is 0.845. The predicted octanol–water partition coefficient (Wildman–Crippen LogP) is 3.28. The molecular weight excluding hydrogens is 220 g/mol. The lowest BCUT2D eigenvalue weighted by molar-refractivity contribution is 0.0679. The van der Waals surface area contributed by atoms with E-state index in [9.17, 15) is 0 Å². The Bertz CT molecular complexity index is 260. The maximum absolute atomic E-state index is 3.69. The Hall–Kier alpha value is -0.0800. The fraction of sp³-hybridized carbons (Fsp3) is 1.00. The van der Waals surface area contributed by atoms with Gasteiger partial charge in [0.15, 0.2) is 0 Å².